The van der Waals surface area contributed by atoms with Crippen molar-refractivity contribution < 1.29 is 28.6 Å². The SMILES string of the molecule is COc1ccc(CCC(=O)N(CCC(=O)O)C2CCOCC2)cc1F. The van der Waals surface area contributed by atoms with Crippen LogP contribution < -0.4 is 4.74 Å². The number of carbonyl (C=O) groups excluding carboxylic acids is 1. The van der Waals surface area contributed by atoms with Gasteiger partial charge in [-0.1, -0.05) is 6.07 Å². The third kappa shape index (κ3) is 5.70. The molecule has 0 spiro atoms. The fraction of sp³-hybridized carbons (Fsp3) is 0.556. The summed E-state index contributed by atoms with van der Waals surface area (Å²) in [7, 11) is 1.40. The molecule has 1 saturated heterocycles. The second-order valence-corrected chi connectivity index (χ2v) is 6.04. The van der Waals surface area contributed by atoms with Crippen molar-refractivity contribution in [3.05, 3.63) is 29.6 Å². The van der Waals surface area contributed by atoms with Crippen LogP contribution in [0, 0.1) is 5.82 Å². The molecule has 0 radical (unpaired) electrons. The van der Waals surface area contributed by atoms with Gasteiger partial charge >= 0.3 is 5.97 Å². The molecule has 2 rings (SSSR count). The highest BCUT2D eigenvalue weighted by Gasteiger charge is 2.26. The van der Waals surface area contributed by atoms with E-state index in [9.17, 15) is 14.0 Å². The van der Waals surface area contributed by atoms with Crippen LogP contribution in [0.4, 0.5) is 4.39 Å². The Morgan fingerprint density at radius 1 is 1.32 bits per heavy atom. The number of methoxy groups -OCH3 is 1. The number of nitrogens with zero attached hydrogens (tertiary/aromatic N) is 1. The van der Waals surface area contributed by atoms with Gasteiger partial charge < -0.3 is 19.5 Å². The number of carboxylic acids is 1. The first kappa shape index (κ1) is 19.2. The number of rotatable bonds is 8. The van der Waals surface area contributed by atoms with Gasteiger partial charge in [0, 0.05) is 32.2 Å². The molecule has 0 aliphatic carbocycles. The zero-order valence-corrected chi connectivity index (χ0v) is 14.4. The first-order chi connectivity index (χ1) is 12.0. The number of benzene rings is 1. The molecule has 138 valence electrons. The first-order valence-electron chi connectivity index (χ1n) is 8.42. The molecule has 1 heterocycles. The van der Waals surface area contributed by atoms with Crippen LogP contribution in [-0.2, 0) is 20.7 Å². The topological polar surface area (TPSA) is 76.1 Å². The molecule has 1 aromatic carbocycles. The summed E-state index contributed by atoms with van der Waals surface area (Å²) in [6, 6.07) is 4.64. The van der Waals surface area contributed by atoms with Crippen molar-refractivity contribution in [2.45, 2.75) is 38.1 Å². The second-order valence-electron chi connectivity index (χ2n) is 6.04. The van der Waals surface area contributed by atoms with Gasteiger partial charge in [-0.3, -0.25) is 9.59 Å². The van der Waals surface area contributed by atoms with Gasteiger partial charge in [0.1, 0.15) is 0 Å². The number of amides is 1. The lowest BCUT2D eigenvalue weighted by atomic mass is 10.0. The van der Waals surface area contributed by atoms with Crippen molar-refractivity contribution >= 4 is 11.9 Å². The van der Waals surface area contributed by atoms with Crippen LogP contribution in [0.5, 0.6) is 5.75 Å². The van der Waals surface area contributed by atoms with Crippen LogP contribution in [0.1, 0.15) is 31.2 Å². The lowest BCUT2D eigenvalue weighted by molar-refractivity contribution is -0.140. The normalized spacial score (nSPS) is 15.0. The Balaban J connectivity index is 1.97. The lowest BCUT2D eigenvalue weighted by Gasteiger charge is -2.34. The highest BCUT2D eigenvalue weighted by Crippen LogP contribution is 2.20. The molecule has 1 aromatic rings. The minimum atomic E-state index is -0.929. The number of carbonyl (C=O) groups is 2. The molecule has 1 aliphatic heterocycles. The smallest absolute Gasteiger partial charge is 0.305 e. The van der Waals surface area contributed by atoms with Gasteiger partial charge in [-0.15, -0.1) is 0 Å². The Bertz CT molecular complexity index is 601. The molecule has 0 aromatic heterocycles. The molecule has 7 heteroatoms. The highest BCUT2D eigenvalue weighted by atomic mass is 19.1. The van der Waals surface area contributed by atoms with Crippen molar-refractivity contribution in [2.24, 2.45) is 0 Å². The summed E-state index contributed by atoms with van der Waals surface area (Å²) < 4.78 is 23.9. The molecule has 0 unspecified atom stereocenters. The Labute approximate surface area is 146 Å². The molecule has 1 fully saturated rings. The number of hydrogen-bond donors (Lipinski definition) is 1. The minimum Gasteiger partial charge on any atom is -0.494 e. The Kier molecular flexibility index (Phi) is 7.18. The van der Waals surface area contributed by atoms with E-state index < -0.39 is 11.8 Å². The number of aliphatic carboxylic acids is 1. The molecule has 1 aliphatic rings. The Morgan fingerprint density at radius 2 is 2.04 bits per heavy atom. The third-order valence-electron chi connectivity index (χ3n) is 4.36. The average Bonchev–Trinajstić information content (AvgIpc) is 2.61. The fourth-order valence-electron chi connectivity index (χ4n) is 2.98. The van der Waals surface area contributed by atoms with Gasteiger partial charge in [-0.05, 0) is 37.0 Å². The molecule has 0 atom stereocenters. The van der Waals surface area contributed by atoms with Gasteiger partial charge in [-0.25, -0.2) is 4.39 Å². The van der Waals surface area contributed by atoms with E-state index in [2.05, 4.69) is 0 Å². The zero-order chi connectivity index (χ0) is 18.2. The summed E-state index contributed by atoms with van der Waals surface area (Å²) in [5.74, 6) is -1.33. The van der Waals surface area contributed by atoms with Crippen molar-refractivity contribution in [3.63, 3.8) is 0 Å². The third-order valence-corrected chi connectivity index (χ3v) is 4.36. The highest BCUT2D eigenvalue weighted by molar-refractivity contribution is 5.77. The molecule has 0 saturated carbocycles. The van der Waals surface area contributed by atoms with E-state index in [4.69, 9.17) is 14.6 Å². The average molecular weight is 353 g/mol. The number of hydrogen-bond acceptors (Lipinski definition) is 4. The largest absolute Gasteiger partial charge is 0.494 e. The van der Waals surface area contributed by atoms with Crippen molar-refractivity contribution in [1.82, 2.24) is 4.90 Å². The maximum Gasteiger partial charge on any atom is 0.305 e. The van der Waals surface area contributed by atoms with Crippen LogP contribution in [-0.4, -0.2) is 54.8 Å². The van der Waals surface area contributed by atoms with E-state index in [-0.39, 0.29) is 37.1 Å². The molecule has 6 nitrogen and oxygen atoms in total. The monoisotopic (exact) mass is 353 g/mol. The minimum absolute atomic E-state index is 0.00760. The summed E-state index contributed by atoms with van der Waals surface area (Å²) in [5, 5.41) is 8.91. The fourth-order valence-corrected chi connectivity index (χ4v) is 2.98. The van der Waals surface area contributed by atoms with Crippen molar-refractivity contribution in [2.75, 3.05) is 26.9 Å². The van der Waals surface area contributed by atoms with E-state index in [1.54, 1.807) is 11.0 Å². The maximum atomic E-state index is 13.7. The number of ether oxygens (including phenoxy) is 2. The predicted octanol–water partition coefficient (Wildman–Crippen LogP) is 2.25. The van der Waals surface area contributed by atoms with E-state index in [1.165, 1.54) is 19.2 Å². The van der Waals surface area contributed by atoms with Crippen LogP contribution in [0.3, 0.4) is 0 Å². The lowest BCUT2D eigenvalue weighted by Crippen LogP contribution is -2.44. The molecule has 0 bridgehead atoms. The molecule has 1 N–H and O–H groups in total. The second kappa shape index (κ2) is 9.36. The van der Waals surface area contributed by atoms with Crippen molar-refractivity contribution in [1.29, 1.82) is 0 Å². The Hall–Kier alpha value is -2.15. The van der Waals surface area contributed by atoms with E-state index >= 15 is 0 Å². The quantitative estimate of drug-likeness (QED) is 0.776. The van der Waals surface area contributed by atoms with Crippen molar-refractivity contribution in [3.8, 4) is 5.75 Å². The van der Waals surface area contributed by atoms with Crippen LogP contribution in [0.25, 0.3) is 0 Å². The van der Waals surface area contributed by atoms with E-state index in [0.717, 1.165) is 0 Å². The number of halogens is 1. The molecular formula is C18H24FNO5. The predicted molar refractivity (Wildman–Crippen MR) is 89.1 cm³/mol. The Morgan fingerprint density at radius 3 is 2.64 bits per heavy atom. The van der Waals surface area contributed by atoms with E-state index in [1.807, 2.05) is 0 Å². The zero-order valence-electron chi connectivity index (χ0n) is 14.4. The summed E-state index contributed by atoms with van der Waals surface area (Å²) in [4.78, 5) is 25.1. The van der Waals surface area contributed by atoms with E-state index in [0.29, 0.717) is 38.0 Å². The van der Waals surface area contributed by atoms with Crippen LogP contribution in [0.15, 0.2) is 18.2 Å². The first-order valence-corrected chi connectivity index (χ1v) is 8.42. The number of aryl methyl sites for hydroxylation is 1. The standard InChI is InChI=1S/C18H24FNO5/c1-24-16-4-2-13(12-15(16)19)3-5-17(21)20(9-6-18(22)23)14-7-10-25-11-8-14/h2,4,12,14H,3,5-11H2,1H3,(H,22,23). The summed E-state index contributed by atoms with van der Waals surface area (Å²) in [6.07, 6.45) is 1.95. The molecule has 25 heavy (non-hydrogen) atoms. The summed E-state index contributed by atoms with van der Waals surface area (Å²) in [6.45, 7) is 1.34. The number of carboxylic acid groups (broad SMARTS) is 1. The van der Waals surface area contributed by atoms with Crippen LogP contribution in [0.2, 0.25) is 0 Å². The molecular weight excluding hydrogens is 329 g/mol. The van der Waals surface area contributed by atoms with Gasteiger partial charge in [-0.2, -0.15) is 0 Å². The van der Waals surface area contributed by atoms with Gasteiger partial charge in [0.15, 0.2) is 11.6 Å². The van der Waals surface area contributed by atoms with Gasteiger partial charge in [0.25, 0.3) is 0 Å². The van der Waals surface area contributed by atoms with Gasteiger partial charge in [0.05, 0.1) is 13.5 Å². The van der Waals surface area contributed by atoms with Gasteiger partial charge in [0.2, 0.25) is 5.91 Å². The summed E-state index contributed by atoms with van der Waals surface area (Å²) in [5.41, 5.74) is 0.705. The summed E-state index contributed by atoms with van der Waals surface area (Å²) >= 11 is 0. The molecule has 1 amide bonds. The maximum absolute atomic E-state index is 13.7. The van der Waals surface area contributed by atoms with Crippen LogP contribution >= 0.6 is 0 Å².